The number of hydrogen-bond acceptors (Lipinski definition) is 6. The van der Waals surface area contributed by atoms with Gasteiger partial charge in [0.2, 0.25) is 0 Å². The fraction of sp³-hybridized carbons (Fsp3) is 0.559. The van der Waals surface area contributed by atoms with Gasteiger partial charge in [-0.3, -0.25) is 14.5 Å². The van der Waals surface area contributed by atoms with E-state index in [1.54, 1.807) is 45.0 Å². The molecule has 45 heavy (non-hydrogen) atoms. The number of amides is 2. The Balaban J connectivity index is 1.52. The number of likely N-dealkylation sites (N-methyl/N-ethyl adjacent to an activating group) is 1. The Morgan fingerprint density at radius 2 is 1.73 bits per heavy atom. The van der Waals surface area contributed by atoms with E-state index in [1.165, 1.54) is 25.1 Å². The molecule has 1 heterocycles. The molecular formula is C34H43F3N2O6. The van der Waals surface area contributed by atoms with Crippen LogP contribution in [0.4, 0.5) is 23.7 Å². The molecule has 2 aromatic rings. The minimum absolute atomic E-state index is 0.0435. The predicted molar refractivity (Wildman–Crippen MR) is 163 cm³/mol. The van der Waals surface area contributed by atoms with Crippen molar-refractivity contribution in [3.8, 4) is 5.75 Å². The van der Waals surface area contributed by atoms with Crippen LogP contribution in [0, 0.1) is 6.92 Å². The first-order valence-electron chi connectivity index (χ1n) is 15.4. The third-order valence-electron chi connectivity index (χ3n) is 8.55. The summed E-state index contributed by atoms with van der Waals surface area (Å²) in [6.07, 6.45) is -0.556. The molecule has 0 N–H and O–H groups in total. The van der Waals surface area contributed by atoms with Crippen molar-refractivity contribution in [1.82, 2.24) is 4.90 Å². The average Bonchev–Trinajstić information content (AvgIpc) is 3.43. The van der Waals surface area contributed by atoms with Gasteiger partial charge in [0.1, 0.15) is 24.0 Å². The molecule has 0 bridgehead atoms. The number of rotatable bonds is 8. The molecule has 2 amide bonds. The Morgan fingerprint density at radius 1 is 1.04 bits per heavy atom. The third-order valence-corrected chi connectivity index (χ3v) is 8.55. The van der Waals surface area contributed by atoms with Crippen molar-refractivity contribution in [2.24, 2.45) is 0 Å². The lowest BCUT2D eigenvalue weighted by Gasteiger charge is -2.32. The summed E-state index contributed by atoms with van der Waals surface area (Å²) in [7, 11) is 2.62. The minimum Gasteiger partial charge on any atom is -0.489 e. The van der Waals surface area contributed by atoms with Gasteiger partial charge in [0.05, 0.1) is 19.1 Å². The highest BCUT2D eigenvalue weighted by atomic mass is 19.4. The second-order valence-electron chi connectivity index (χ2n) is 12.9. The largest absolute Gasteiger partial charge is 0.489 e. The number of ether oxygens (including phenoxy) is 3. The molecule has 2 aliphatic rings. The van der Waals surface area contributed by atoms with Crippen molar-refractivity contribution in [1.29, 1.82) is 0 Å². The molecule has 0 unspecified atom stereocenters. The Hall–Kier alpha value is -3.76. The second-order valence-corrected chi connectivity index (χ2v) is 12.9. The lowest BCUT2D eigenvalue weighted by atomic mass is 9.81. The van der Waals surface area contributed by atoms with Gasteiger partial charge < -0.3 is 19.1 Å². The monoisotopic (exact) mass is 632 g/mol. The highest BCUT2D eigenvalue weighted by Gasteiger charge is 2.39. The maximum Gasteiger partial charge on any atom is 0.416 e. The van der Waals surface area contributed by atoms with Gasteiger partial charge in [-0.15, -0.1) is 0 Å². The summed E-state index contributed by atoms with van der Waals surface area (Å²) in [5.74, 6) is -0.682. The van der Waals surface area contributed by atoms with Crippen LogP contribution in [0.25, 0.3) is 0 Å². The highest BCUT2D eigenvalue weighted by molar-refractivity contribution is 6.02. The number of nitrogens with zero attached hydrogens (tertiary/aromatic N) is 2. The van der Waals surface area contributed by atoms with Crippen LogP contribution in [0.5, 0.6) is 5.75 Å². The number of fused-ring (bicyclic) bond motifs is 1. The summed E-state index contributed by atoms with van der Waals surface area (Å²) in [6, 6.07) is 6.77. The van der Waals surface area contributed by atoms with Crippen LogP contribution in [-0.4, -0.2) is 55.2 Å². The topological polar surface area (TPSA) is 85.4 Å². The van der Waals surface area contributed by atoms with Crippen molar-refractivity contribution in [2.75, 3.05) is 25.6 Å². The van der Waals surface area contributed by atoms with Crippen LogP contribution in [0.15, 0.2) is 30.3 Å². The molecule has 1 aliphatic heterocycles. The van der Waals surface area contributed by atoms with Crippen molar-refractivity contribution < 1.29 is 41.8 Å². The van der Waals surface area contributed by atoms with E-state index in [-0.39, 0.29) is 18.9 Å². The SMILES string of the molecule is COC(=O)C[C@H](C(=O)N1CCc2c1ccc(OCc1ccc(C3CCCCC3)c(C(F)(F)F)c1)c2C)N(C)C(=O)OC(C)(C)C. The zero-order valence-corrected chi connectivity index (χ0v) is 26.9. The normalized spacial score (nSPS) is 16.2. The van der Waals surface area contributed by atoms with E-state index in [0.29, 0.717) is 35.5 Å². The molecule has 0 aromatic heterocycles. The average molecular weight is 633 g/mol. The first-order chi connectivity index (χ1) is 21.1. The number of hydrogen-bond donors (Lipinski definition) is 0. The summed E-state index contributed by atoms with van der Waals surface area (Å²) in [6.45, 7) is 7.23. The number of carbonyl (C=O) groups is 3. The highest BCUT2D eigenvalue weighted by Crippen LogP contribution is 2.42. The summed E-state index contributed by atoms with van der Waals surface area (Å²) in [4.78, 5) is 41.4. The number of esters is 1. The molecule has 246 valence electrons. The smallest absolute Gasteiger partial charge is 0.416 e. The number of carbonyl (C=O) groups excluding carboxylic acids is 3. The molecule has 1 saturated carbocycles. The van der Waals surface area contributed by atoms with Gasteiger partial charge in [-0.25, -0.2) is 4.79 Å². The van der Waals surface area contributed by atoms with Gasteiger partial charge in [-0.05, 0) is 93.3 Å². The van der Waals surface area contributed by atoms with Crippen LogP contribution in [0.1, 0.15) is 93.0 Å². The fourth-order valence-electron chi connectivity index (χ4n) is 6.16. The zero-order chi connectivity index (χ0) is 33.1. The van der Waals surface area contributed by atoms with Gasteiger partial charge in [-0.2, -0.15) is 13.2 Å². The van der Waals surface area contributed by atoms with Gasteiger partial charge in [0, 0.05) is 19.3 Å². The Labute approximate surface area is 262 Å². The van der Waals surface area contributed by atoms with E-state index in [0.717, 1.165) is 48.1 Å². The predicted octanol–water partition coefficient (Wildman–Crippen LogP) is 7.33. The van der Waals surface area contributed by atoms with E-state index in [9.17, 15) is 27.6 Å². The van der Waals surface area contributed by atoms with Crippen LogP contribution in [0.2, 0.25) is 0 Å². The maximum absolute atomic E-state index is 14.0. The van der Waals surface area contributed by atoms with Gasteiger partial charge in [0.25, 0.3) is 5.91 Å². The molecular weight excluding hydrogens is 589 g/mol. The standard InChI is InChI=1S/C34H43F3N2O6/c1-21-24-16-17-39(31(41)28(19-30(40)43-6)38(5)32(42)45-33(2,3)4)27(24)14-15-29(21)44-20-22-12-13-25(23-10-8-7-9-11-23)26(18-22)34(35,36)37/h12-15,18,23,28H,7-11,16-17,19-20H2,1-6H3/t28-/m1/s1. The molecule has 2 aromatic carbocycles. The second kappa shape index (κ2) is 13.7. The molecule has 0 saturated heterocycles. The fourth-order valence-corrected chi connectivity index (χ4v) is 6.16. The first-order valence-corrected chi connectivity index (χ1v) is 15.4. The maximum atomic E-state index is 14.0. The van der Waals surface area contributed by atoms with Crippen molar-refractivity contribution in [3.05, 3.63) is 58.1 Å². The summed E-state index contributed by atoms with van der Waals surface area (Å²) >= 11 is 0. The van der Waals surface area contributed by atoms with E-state index in [1.807, 2.05) is 6.92 Å². The van der Waals surface area contributed by atoms with Crippen LogP contribution in [0.3, 0.4) is 0 Å². The van der Waals surface area contributed by atoms with Crippen molar-refractivity contribution in [2.45, 2.75) is 103 Å². The van der Waals surface area contributed by atoms with E-state index in [4.69, 9.17) is 14.2 Å². The quantitative estimate of drug-likeness (QED) is 0.284. The number of benzene rings is 2. The Morgan fingerprint density at radius 3 is 2.36 bits per heavy atom. The number of alkyl halides is 3. The number of anilines is 1. The van der Waals surface area contributed by atoms with Crippen molar-refractivity contribution >= 4 is 23.7 Å². The third kappa shape index (κ3) is 8.10. The van der Waals surface area contributed by atoms with Gasteiger partial charge in [-0.1, -0.05) is 31.4 Å². The van der Waals surface area contributed by atoms with E-state index < -0.39 is 41.4 Å². The molecule has 1 fully saturated rings. The molecule has 1 atom stereocenters. The minimum atomic E-state index is -4.45. The Bertz CT molecular complexity index is 1410. The van der Waals surface area contributed by atoms with Crippen LogP contribution >= 0.6 is 0 Å². The molecule has 1 aliphatic carbocycles. The van der Waals surface area contributed by atoms with Crippen LogP contribution in [-0.2, 0) is 38.3 Å². The summed E-state index contributed by atoms with van der Waals surface area (Å²) in [5, 5.41) is 0. The molecule has 0 radical (unpaired) electrons. The van der Waals surface area contributed by atoms with Crippen molar-refractivity contribution in [3.63, 3.8) is 0 Å². The Kier molecular flexibility index (Phi) is 10.4. The van der Waals surface area contributed by atoms with Gasteiger partial charge in [0.15, 0.2) is 0 Å². The number of methoxy groups -OCH3 is 1. The molecule has 0 spiro atoms. The lowest BCUT2D eigenvalue weighted by Crippen LogP contribution is -2.51. The number of halogens is 3. The lowest BCUT2D eigenvalue weighted by molar-refractivity contribution is -0.144. The molecule has 11 heteroatoms. The molecule has 8 nitrogen and oxygen atoms in total. The van der Waals surface area contributed by atoms with Crippen LogP contribution < -0.4 is 9.64 Å². The van der Waals surface area contributed by atoms with E-state index in [2.05, 4.69) is 0 Å². The molecule has 4 rings (SSSR count). The van der Waals surface area contributed by atoms with Gasteiger partial charge >= 0.3 is 18.2 Å². The summed E-state index contributed by atoms with van der Waals surface area (Å²) < 4.78 is 58.4. The first kappa shape index (κ1) is 34.1. The summed E-state index contributed by atoms with van der Waals surface area (Å²) in [5.41, 5.74) is 1.64. The zero-order valence-electron chi connectivity index (χ0n) is 26.9. The van der Waals surface area contributed by atoms with E-state index >= 15 is 0 Å².